The predicted molar refractivity (Wildman–Crippen MR) is 109 cm³/mol. The SMILES string of the molecule is CN(C)Cc1ccc(Nc2nc(-c3cccc(N)c3)nc3cn[nH]c23)cc1. The van der Waals surface area contributed by atoms with Crippen LogP contribution in [0, 0.1) is 0 Å². The van der Waals surface area contributed by atoms with Gasteiger partial charge < -0.3 is 16.0 Å². The van der Waals surface area contributed by atoms with Crippen molar-refractivity contribution in [1.29, 1.82) is 0 Å². The van der Waals surface area contributed by atoms with Crippen LogP contribution >= 0.6 is 0 Å². The quantitative estimate of drug-likeness (QED) is 0.473. The van der Waals surface area contributed by atoms with E-state index in [0.717, 1.165) is 28.8 Å². The zero-order valence-electron chi connectivity index (χ0n) is 15.3. The molecule has 0 bridgehead atoms. The smallest absolute Gasteiger partial charge is 0.162 e. The van der Waals surface area contributed by atoms with Crippen molar-refractivity contribution >= 4 is 28.2 Å². The third kappa shape index (κ3) is 3.73. The molecule has 0 saturated heterocycles. The van der Waals surface area contributed by atoms with E-state index in [2.05, 4.69) is 51.6 Å². The fraction of sp³-hybridized carbons (Fsp3) is 0.150. The second kappa shape index (κ2) is 7.05. The minimum Gasteiger partial charge on any atom is -0.399 e. The summed E-state index contributed by atoms with van der Waals surface area (Å²) in [6, 6.07) is 15.8. The van der Waals surface area contributed by atoms with Gasteiger partial charge in [-0.15, -0.1) is 0 Å². The van der Waals surface area contributed by atoms with Crippen molar-refractivity contribution in [1.82, 2.24) is 25.1 Å². The molecule has 0 spiro atoms. The molecule has 0 unspecified atom stereocenters. The number of nitrogens with zero attached hydrogens (tertiary/aromatic N) is 4. The Labute approximate surface area is 157 Å². The van der Waals surface area contributed by atoms with Gasteiger partial charge in [0.05, 0.1) is 6.20 Å². The molecule has 0 aliphatic rings. The fourth-order valence-corrected chi connectivity index (χ4v) is 2.93. The summed E-state index contributed by atoms with van der Waals surface area (Å²) in [7, 11) is 4.11. The normalized spacial score (nSPS) is 11.2. The monoisotopic (exact) mass is 359 g/mol. The number of nitrogens with one attached hydrogen (secondary N) is 2. The van der Waals surface area contributed by atoms with Crippen molar-refractivity contribution in [2.75, 3.05) is 25.1 Å². The summed E-state index contributed by atoms with van der Waals surface area (Å²) in [4.78, 5) is 11.4. The summed E-state index contributed by atoms with van der Waals surface area (Å²) in [5.74, 6) is 1.28. The molecule has 0 atom stereocenters. The van der Waals surface area contributed by atoms with E-state index < -0.39 is 0 Å². The van der Waals surface area contributed by atoms with Gasteiger partial charge in [0.2, 0.25) is 0 Å². The molecule has 136 valence electrons. The average molecular weight is 359 g/mol. The average Bonchev–Trinajstić information content (AvgIpc) is 3.12. The van der Waals surface area contributed by atoms with E-state index in [4.69, 9.17) is 10.7 Å². The maximum atomic E-state index is 5.91. The molecule has 27 heavy (non-hydrogen) atoms. The second-order valence-electron chi connectivity index (χ2n) is 6.71. The maximum Gasteiger partial charge on any atom is 0.162 e. The van der Waals surface area contributed by atoms with Crippen molar-refractivity contribution in [3.63, 3.8) is 0 Å². The maximum absolute atomic E-state index is 5.91. The van der Waals surface area contributed by atoms with Crippen LogP contribution in [0.1, 0.15) is 5.56 Å². The first-order valence-electron chi connectivity index (χ1n) is 8.66. The molecule has 0 radical (unpaired) electrons. The third-order valence-electron chi connectivity index (χ3n) is 4.16. The van der Waals surface area contributed by atoms with Gasteiger partial charge in [0.25, 0.3) is 0 Å². The Morgan fingerprint density at radius 2 is 1.89 bits per heavy atom. The highest BCUT2D eigenvalue weighted by atomic mass is 15.2. The summed E-state index contributed by atoms with van der Waals surface area (Å²) in [6.45, 7) is 0.901. The number of hydrogen-bond donors (Lipinski definition) is 3. The van der Waals surface area contributed by atoms with E-state index >= 15 is 0 Å². The minimum atomic E-state index is 0.600. The van der Waals surface area contributed by atoms with Gasteiger partial charge in [-0.2, -0.15) is 5.10 Å². The van der Waals surface area contributed by atoms with Gasteiger partial charge in [0.1, 0.15) is 11.0 Å². The zero-order chi connectivity index (χ0) is 18.8. The summed E-state index contributed by atoms with van der Waals surface area (Å²) in [5, 5.41) is 10.4. The molecule has 7 nitrogen and oxygen atoms in total. The molecule has 4 N–H and O–H groups in total. The van der Waals surface area contributed by atoms with E-state index in [1.807, 2.05) is 36.4 Å². The topological polar surface area (TPSA) is 95.8 Å². The van der Waals surface area contributed by atoms with Crippen LogP contribution in [0.5, 0.6) is 0 Å². The zero-order valence-corrected chi connectivity index (χ0v) is 15.3. The van der Waals surface area contributed by atoms with Crippen LogP contribution in [-0.2, 0) is 6.54 Å². The standard InChI is InChI=1S/C20H21N7/c1-27(2)12-13-6-8-16(9-7-13)23-20-18-17(11-22-26-18)24-19(25-20)14-4-3-5-15(21)10-14/h3-11H,12,21H2,1-2H3,(H,22,26)(H,23,24,25). The molecule has 0 fully saturated rings. The molecule has 7 heteroatoms. The summed E-state index contributed by atoms with van der Waals surface area (Å²) >= 11 is 0. The van der Waals surface area contributed by atoms with E-state index in [-0.39, 0.29) is 0 Å². The van der Waals surface area contributed by atoms with Gasteiger partial charge in [0, 0.05) is 23.5 Å². The molecule has 2 aromatic carbocycles. The van der Waals surface area contributed by atoms with Crippen LogP contribution < -0.4 is 11.1 Å². The highest BCUT2D eigenvalue weighted by Crippen LogP contribution is 2.26. The van der Waals surface area contributed by atoms with Gasteiger partial charge in [-0.1, -0.05) is 24.3 Å². The first-order chi connectivity index (χ1) is 13.1. The number of aromatic nitrogens is 4. The first-order valence-corrected chi connectivity index (χ1v) is 8.66. The second-order valence-corrected chi connectivity index (χ2v) is 6.71. The van der Waals surface area contributed by atoms with Gasteiger partial charge in [-0.05, 0) is 43.9 Å². The number of H-pyrrole nitrogens is 1. The largest absolute Gasteiger partial charge is 0.399 e. The van der Waals surface area contributed by atoms with Crippen LogP contribution in [0.15, 0.2) is 54.7 Å². The molecule has 0 saturated carbocycles. The molecule has 2 aromatic heterocycles. The lowest BCUT2D eigenvalue weighted by Gasteiger charge is -2.12. The van der Waals surface area contributed by atoms with Crippen LogP contribution in [0.25, 0.3) is 22.4 Å². The molecular weight excluding hydrogens is 338 g/mol. The lowest BCUT2D eigenvalue weighted by atomic mass is 10.2. The Hall–Kier alpha value is -3.45. The third-order valence-corrected chi connectivity index (χ3v) is 4.16. The Balaban J connectivity index is 1.69. The number of aromatic amines is 1. The minimum absolute atomic E-state index is 0.600. The summed E-state index contributed by atoms with van der Waals surface area (Å²) < 4.78 is 0. The first kappa shape index (κ1) is 17.0. The van der Waals surface area contributed by atoms with E-state index in [9.17, 15) is 0 Å². The van der Waals surface area contributed by atoms with E-state index in [0.29, 0.717) is 17.3 Å². The van der Waals surface area contributed by atoms with Crippen LogP contribution in [0.2, 0.25) is 0 Å². The van der Waals surface area contributed by atoms with Gasteiger partial charge in [-0.25, -0.2) is 9.97 Å². The highest BCUT2D eigenvalue weighted by Gasteiger charge is 2.12. The Morgan fingerprint density at radius 3 is 2.63 bits per heavy atom. The fourth-order valence-electron chi connectivity index (χ4n) is 2.93. The Morgan fingerprint density at radius 1 is 1.07 bits per heavy atom. The molecule has 4 aromatic rings. The number of rotatable bonds is 5. The predicted octanol–water partition coefficient (Wildman–Crippen LogP) is 3.41. The van der Waals surface area contributed by atoms with Crippen molar-refractivity contribution < 1.29 is 0 Å². The van der Waals surface area contributed by atoms with Crippen molar-refractivity contribution in [2.24, 2.45) is 0 Å². The number of benzene rings is 2. The van der Waals surface area contributed by atoms with E-state index in [1.54, 1.807) is 6.20 Å². The van der Waals surface area contributed by atoms with Crippen molar-refractivity contribution in [3.05, 3.63) is 60.3 Å². The molecule has 2 heterocycles. The van der Waals surface area contributed by atoms with Crippen LogP contribution in [0.4, 0.5) is 17.2 Å². The van der Waals surface area contributed by atoms with Gasteiger partial charge >= 0.3 is 0 Å². The number of hydrogen-bond acceptors (Lipinski definition) is 6. The summed E-state index contributed by atoms with van der Waals surface area (Å²) in [6.07, 6.45) is 1.69. The highest BCUT2D eigenvalue weighted by molar-refractivity contribution is 5.88. The molecule has 0 aliphatic heterocycles. The van der Waals surface area contributed by atoms with Crippen molar-refractivity contribution in [2.45, 2.75) is 6.54 Å². The van der Waals surface area contributed by atoms with Gasteiger partial charge in [0.15, 0.2) is 11.6 Å². The summed E-state index contributed by atoms with van der Waals surface area (Å²) in [5.41, 5.74) is 11.2. The lowest BCUT2D eigenvalue weighted by Crippen LogP contribution is -2.10. The molecule has 0 amide bonds. The van der Waals surface area contributed by atoms with Crippen LogP contribution in [0.3, 0.4) is 0 Å². The van der Waals surface area contributed by atoms with Gasteiger partial charge in [-0.3, -0.25) is 5.10 Å². The lowest BCUT2D eigenvalue weighted by molar-refractivity contribution is 0.402. The van der Waals surface area contributed by atoms with Crippen LogP contribution in [-0.4, -0.2) is 39.2 Å². The molecule has 0 aliphatic carbocycles. The number of nitrogen functional groups attached to an aromatic ring is 1. The van der Waals surface area contributed by atoms with Crippen molar-refractivity contribution in [3.8, 4) is 11.4 Å². The van der Waals surface area contributed by atoms with E-state index in [1.165, 1.54) is 5.56 Å². The Bertz CT molecular complexity index is 1070. The number of nitrogens with two attached hydrogens (primary N) is 1. The number of anilines is 3. The Kier molecular flexibility index (Phi) is 4.43. The molecule has 4 rings (SSSR count). The number of fused-ring (bicyclic) bond motifs is 1. The molecular formula is C20H21N7.